The van der Waals surface area contributed by atoms with Gasteiger partial charge >= 0.3 is 0 Å². The van der Waals surface area contributed by atoms with Crippen molar-refractivity contribution in [2.75, 3.05) is 7.11 Å². The Hall–Kier alpha value is -2.47. The molecule has 98 valence electrons. The monoisotopic (exact) mass is 282 g/mol. The summed E-state index contributed by atoms with van der Waals surface area (Å²) in [5.41, 5.74) is 2.57. The maximum absolute atomic E-state index is 5.23. The number of nitrogens with zero attached hydrogens (tertiary/aromatic N) is 3. The highest BCUT2D eigenvalue weighted by atomic mass is 32.1. The number of rotatable bonds is 2. The van der Waals surface area contributed by atoms with E-state index in [4.69, 9.17) is 4.74 Å². The molecule has 0 aliphatic heterocycles. The smallest absolute Gasteiger partial charge is 0.178 e. The van der Waals surface area contributed by atoms with E-state index in [0.29, 0.717) is 5.65 Å². The molecule has 3 heterocycles. The van der Waals surface area contributed by atoms with E-state index in [1.807, 2.05) is 30.3 Å². The Morgan fingerprint density at radius 2 is 2.15 bits per heavy atom. The highest BCUT2D eigenvalue weighted by molar-refractivity contribution is 7.21. The Morgan fingerprint density at radius 1 is 1.20 bits per heavy atom. The van der Waals surface area contributed by atoms with Crippen LogP contribution in [0, 0.1) is 0 Å². The summed E-state index contributed by atoms with van der Waals surface area (Å²) in [6.45, 7) is 0. The first kappa shape index (κ1) is 11.4. The minimum Gasteiger partial charge on any atom is -0.497 e. The van der Waals surface area contributed by atoms with Gasteiger partial charge in [0.2, 0.25) is 0 Å². The van der Waals surface area contributed by atoms with Crippen LogP contribution in [-0.4, -0.2) is 27.0 Å². The number of ether oxygens (including phenoxy) is 1. The molecule has 4 aromatic rings. The summed E-state index contributed by atoms with van der Waals surface area (Å²) in [6.07, 6.45) is 1.73. The minimum atomic E-state index is 0.708. The lowest BCUT2D eigenvalue weighted by Gasteiger charge is -1.96. The first-order valence-electron chi connectivity index (χ1n) is 6.09. The van der Waals surface area contributed by atoms with Crippen LogP contribution in [0.3, 0.4) is 0 Å². The van der Waals surface area contributed by atoms with E-state index < -0.39 is 0 Å². The molecule has 0 amide bonds. The van der Waals surface area contributed by atoms with E-state index in [-0.39, 0.29) is 0 Å². The van der Waals surface area contributed by atoms with Crippen molar-refractivity contribution in [3.05, 3.63) is 36.5 Å². The van der Waals surface area contributed by atoms with Gasteiger partial charge in [-0.2, -0.15) is 0 Å². The third-order valence-corrected chi connectivity index (χ3v) is 4.08. The molecular formula is C14H10N4OS. The number of aromatic amines is 1. The number of benzene rings is 1. The average Bonchev–Trinajstić information content (AvgIpc) is 3.09. The van der Waals surface area contributed by atoms with Gasteiger partial charge in [-0.25, -0.2) is 15.0 Å². The van der Waals surface area contributed by atoms with Gasteiger partial charge in [-0.15, -0.1) is 11.3 Å². The number of H-pyrrole nitrogens is 1. The zero-order chi connectivity index (χ0) is 13.5. The Balaban J connectivity index is 1.88. The fraction of sp³-hybridized carbons (Fsp3) is 0.0714. The van der Waals surface area contributed by atoms with Gasteiger partial charge in [-0.1, -0.05) is 0 Å². The fourth-order valence-corrected chi connectivity index (χ4v) is 3.02. The van der Waals surface area contributed by atoms with Crippen LogP contribution in [0.25, 0.3) is 32.2 Å². The number of hydrogen-bond acceptors (Lipinski definition) is 5. The van der Waals surface area contributed by atoms with E-state index in [0.717, 1.165) is 32.3 Å². The molecular weight excluding hydrogens is 272 g/mol. The third kappa shape index (κ3) is 1.73. The van der Waals surface area contributed by atoms with Crippen molar-refractivity contribution in [1.82, 2.24) is 19.9 Å². The van der Waals surface area contributed by atoms with Gasteiger partial charge in [0.1, 0.15) is 5.75 Å². The molecule has 6 heteroatoms. The van der Waals surface area contributed by atoms with Gasteiger partial charge in [0.15, 0.2) is 16.5 Å². The van der Waals surface area contributed by atoms with E-state index >= 15 is 0 Å². The summed E-state index contributed by atoms with van der Waals surface area (Å²) in [7, 11) is 1.66. The van der Waals surface area contributed by atoms with Crippen molar-refractivity contribution in [2.24, 2.45) is 0 Å². The third-order valence-electron chi connectivity index (χ3n) is 3.06. The van der Waals surface area contributed by atoms with Crippen LogP contribution < -0.4 is 4.74 Å². The van der Waals surface area contributed by atoms with E-state index in [2.05, 4.69) is 19.9 Å². The van der Waals surface area contributed by atoms with E-state index in [9.17, 15) is 0 Å². The Labute approximate surface area is 118 Å². The van der Waals surface area contributed by atoms with Crippen molar-refractivity contribution in [3.8, 4) is 16.6 Å². The zero-order valence-corrected chi connectivity index (χ0v) is 11.4. The largest absolute Gasteiger partial charge is 0.497 e. The molecule has 1 aromatic carbocycles. The minimum absolute atomic E-state index is 0.708. The number of imidazole rings is 1. The summed E-state index contributed by atoms with van der Waals surface area (Å²) in [5, 5.41) is 0.853. The first-order valence-corrected chi connectivity index (χ1v) is 6.91. The molecule has 0 atom stereocenters. The lowest BCUT2D eigenvalue weighted by molar-refractivity contribution is 0.415. The van der Waals surface area contributed by atoms with Crippen LogP contribution >= 0.6 is 11.3 Å². The average molecular weight is 282 g/mol. The molecule has 1 N–H and O–H groups in total. The van der Waals surface area contributed by atoms with Gasteiger partial charge in [-0.05, 0) is 30.3 Å². The van der Waals surface area contributed by atoms with Gasteiger partial charge < -0.3 is 9.72 Å². The van der Waals surface area contributed by atoms with Crippen molar-refractivity contribution in [3.63, 3.8) is 0 Å². The van der Waals surface area contributed by atoms with Crippen LogP contribution in [0.5, 0.6) is 5.75 Å². The molecule has 0 saturated heterocycles. The Morgan fingerprint density at radius 3 is 3.00 bits per heavy atom. The second-order valence-corrected chi connectivity index (χ2v) is 5.34. The SMILES string of the molecule is COc1ccc2nc(-c3nc4ncccc4[nH]3)sc2c1. The van der Waals surface area contributed by atoms with Crippen LogP contribution in [0.1, 0.15) is 0 Å². The summed E-state index contributed by atoms with van der Waals surface area (Å²) >= 11 is 1.58. The quantitative estimate of drug-likeness (QED) is 0.613. The summed E-state index contributed by atoms with van der Waals surface area (Å²) in [6, 6.07) is 9.68. The van der Waals surface area contributed by atoms with Crippen molar-refractivity contribution in [1.29, 1.82) is 0 Å². The summed E-state index contributed by atoms with van der Waals surface area (Å²) < 4.78 is 6.31. The maximum atomic E-state index is 5.23. The highest BCUT2D eigenvalue weighted by Crippen LogP contribution is 2.31. The molecule has 0 spiro atoms. The topological polar surface area (TPSA) is 63.7 Å². The van der Waals surface area contributed by atoms with Crippen LogP contribution in [0.4, 0.5) is 0 Å². The molecule has 0 aliphatic rings. The van der Waals surface area contributed by atoms with Crippen LogP contribution in [-0.2, 0) is 0 Å². The molecule has 0 fully saturated rings. The number of fused-ring (bicyclic) bond motifs is 2. The van der Waals surface area contributed by atoms with E-state index in [1.54, 1.807) is 24.6 Å². The molecule has 0 aliphatic carbocycles. The standard InChI is InChI=1S/C14H10N4OS/c1-19-8-4-5-9-11(7-8)20-14(17-9)13-16-10-3-2-6-15-12(10)18-13/h2-7H,1H3,(H,15,16,18). The number of thiazole rings is 1. The van der Waals surface area contributed by atoms with E-state index in [1.165, 1.54) is 0 Å². The number of nitrogens with one attached hydrogen (secondary N) is 1. The maximum Gasteiger partial charge on any atom is 0.178 e. The Kier molecular flexibility index (Phi) is 2.43. The van der Waals surface area contributed by atoms with Crippen molar-refractivity contribution in [2.45, 2.75) is 0 Å². The highest BCUT2D eigenvalue weighted by Gasteiger charge is 2.11. The number of pyridine rings is 1. The number of methoxy groups -OCH3 is 1. The molecule has 20 heavy (non-hydrogen) atoms. The van der Waals surface area contributed by atoms with Crippen LogP contribution in [0.2, 0.25) is 0 Å². The molecule has 0 unspecified atom stereocenters. The van der Waals surface area contributed by atoms with Gasteiger partial charge in [-0.3, -0.25) is 0 Å². The predicted molar refractivity (Wildman–Crippen MR) is 79.1 cm³/mol. The Bertz CT molecular complexity index is 879. The molecule has 0 radical (unpaired) electrons. The normalized spacial score (nSPS) is 11.2. The van der Waals surface area contributed by atoms with Crippen molar-refractivity contribution >= 4 is 32.7 Å². The van der Waals surface area contributed by atoms with Gasteiger partial charge in [0.25, 0.3) is 0 Å². The molecule has 0 saturated carbocycles. The lowest BCUT2D eigenvalue weighted by atomic mass is 10.3. The predicted octanol–water partition coefficient (Wildman–Crippen LogP) is 3.24. The summed E-state index contributed by atoms with van der Waals surface area (Å²) in [5.74, 6) is 1.58. The second-order valence-electron chi connectivity index (χ2n) is 4.31. The lowest BCUT2D eigenvalue weighted by Crippen LogP contribution is -1.80. The number of hydrogen-bond donors (Lipinski definition) is 1. The molecule has 4 rings (SSSR count). The number of aromatic nitrogens is 4. The molecule has 5 nitrogen and oxygen atoms in total. The molecule has 3 aromatic heterocycles. The molecule has 0 bridgehead atoms. The van der Waals surface area contributed by atoms with Crippen molar-refractivity contribution < 1.29 is 4.74 Å². The second kappa shape index (κ2) is 4.28. The summed E-state index contributed by atoms with van der Waals surface area (Å²) in [4.78, 5) is 16.5. The van der Waals surface area contributed by atoms with Gasteiger partial charge in [0, 0.05) is 6.20 Å². The first-order chi connectivity index (χ1) is 9.83. The van der Waals surface area contributed by atoms with Gasteiger partial charge in [0.05, 0.1) is 22.8 Å². The van der Waals surface area contributed by atoms with Crippen LogP contribution in [0.15, 0.2) is 36.5 Å². The zero-order valence-electron chi connectivity index (χ0n) is 10.6. The fourth-order valence-electron chi connectivity index (χ4n) is 2.08.